The second-order valence-electron chi connectivity index (χ2n) is 5.15. The molecule has 0 amide bonds. The summed E-state index contributed by atoms with van der Waals surface area (Å²) in [6.07, 6.45) is 6.16. The Balaban J connectivity index is 2.26. The Bertz CT molecular complexity index is 456. The summed E-state index contributed by atoms with van der Waals surface area (Å²) in [6.45, 7) is 0. The number of anilines is 2. The van der Waals surface area contributed by atoms with Gasteiger partial charge in [-0.1, -0.05) is 19.3 Å². The van der Waals surface area contributed by atoms with Crippen LogP contribution in [0.3, 0.4) is 0 Å². The van der Waals surface area contributed by atoms with Crippen molar-refractivity contribution >= 4 is 17.1 Å². The molecule has 0 spiro atoms. The van der Waals surface area contributed by atoms with E-state index in [-0.39, 0.29) is 10.6 Å². The van der Waals surface area contributed by atoms with Crippen molar-refractivity contribution in [3.63, 3.8) is 0 Å². The third kappa shape index (κ3) is 3.16. The molecule has 1 aromatic rings. The molecule has 104 valence electrons. The standard InChI is InChI=1S/C14H21N3O2/c1-15-11-8-13(10-14(9-11)17(18)19)16(2)12-6-4-3-5-7-12/h8-10,12,15H,3-7H2,1-2H3. The number of rotatable bonds is 4. The van der Waals surface area contributed by atoms with Crippen LogP contribution in [0.1, 0.15) is 32.1 Å². The van der Waals surface area contributed by atoms with Crippen LogP contribution in [0.4, 0.5) is 17.1 Å². The highest BCUT2D eigenvalue weighted by atomic mass is 16.6. The van der Waals surface area contributed by atoms with E-state index in [4.69, 9.17) is 0 Å². The summed E-state index contributed by atoms with van der Waals surface area (Å²) in [7, 11) is 3.82. The van der Waals surface area contributed by atoms with E-state index >= 15 is 0 Å². The van der Waals surface area contributed by atoms with Crippen LogP contribution >= 0.6 is 0 Å². The first-order chi connectivity index (χ1) is 9.11. The number of benzene rings is 1. The van der Waals surface area contributed by atoms with Gasteiger partial charge >= 0.3 is 0 Å². The molecular formula is C14H21N3O2. The van der Waals surface area contributed by atoms with Crippen LogP contribution in [0.25, 0.3) is 0 Å². The Morgan fingerprint density at radius 2 is 1.95 bits per heavy atom. The lowest BCUT2D eigenvalue weighted by molar-refractivity contribution is -0.384. The molecule has 1 N–H and O–H groups in total. The third-order valence-electron chi connectivity index (χ3n) is 3.93. The zero-order valence-corrected chi connectivity index (χ0v) is 11.6. The summed E-state index contributed by atoms with van der Waals surface area (Å²) < 4.78 is 0. The van der Waals surface area contributed by atoms with Gasteiger partial charge in [-0.25, -0.2) is 0 Å². The second-order valence-corrected chi connectivity index (χ2v) is 5.15. The molecule has 0 heterocycles. The summed E-state index contributed by atoms with van der Waals surface area (Å²) in [6, 6.07) is 5.70. The molecule has 0 radical (unpaired) electrons. The maximum Gasteiger partial charge on any atom is 0.273 e. The average molecular weight is 263 g/mol. The van der Waals surface area contributed by atoms with Crippen molar-refractivity contribution in [2.75, 3.05) is 24.3 Å². The number of nitrogens with one attached hydrogen (secondary N) is 1. The third-order valence-corrected chi connectivity index (χ3v) is 3.93. The van der Waals surface area contributed by atoms with Crippen LogP contribution < -0.4 is 10.2 Å². The van der Waals surface area contributed by atoms with Gasteiger partial charge in [0.15, 0.2) is 0 Å². The van der Waals surface area contributed by atoms with Gasteiger partial charge in [-0.3, -0.25) is 10.1 Å². The van der Waals surface area contributed by atoms with Gasteiger partial charge in [-0.15, -0.1) is 0 Å². The summed E-state index contributed by atoms with van der Waals surface area (Å²) in [4.78, 5) is 12.8. The van der Waals surface area contributed by atoms with Gasteiger partial charge < -0.3 is 10.2 Å². The van der Waals surface area contributed by atoms with Crippen LogP contribution in [-0.2, 0) is 0 Å². The smallest absolute Gasteiger partial charge is 0.273 e. The number of non-ortho nitro benzene ring substituents is 1. The molecule has 1 aliphatic rings. The van der Waals surface area contributed by atoms with Gasteiger partial charge in [0.05, 0.1) is 4.92 Å². The Morgan fingerprint density at radius 3 is 2.53 bits per heavy atom. The monoisotopic (exact) mass is 263 g/mol. The van der Waals surface area contributed by atoms with Crippen LogP contribution in [0.15, 0.2) is 18.2 Å². The topological polar surface area (TPSA) is 58.4 Å². The van der Waals surface area contributed by atoms with Gasteiger partial charge in [-0.2, -0.15) is 0 Å². The van der Waals surface area contributed by atoms with Crippen LogP contribution in [0.2, 0.25) is 0 Å². The van der Waals surface area contributed by atoms with E-state index in [1.807, 2.05) is 13.1 Å². The first kappa shape index (κ1) is 13.6. The van der Waals surface area contributed by atoms with E-state index in [0.29, 0.717) is 6.04 Å². The zero-order chi connectivity index (χ0) is 13.8. The van der Waals surface area contributed by atoms with Gasteiger partial charge in [0.2, 0.25) is 0 Å². The summed E-state index contributed by atoms with van der Waals surface area (Å²) >= 11 is 0. The highest BCUT2D eigenvalue weighted by Gasteiger charge is 2.20. The molecule has 0 bridgehead atoms. The van der Waals surface area contributed by atoms with Crippen LogP contribution in [-0.4, -0.2) is 25.1 Å². The number of hydrogen-bond donors (Lipinski definition) is 1. The van der Waals surface area contributed by atoms with E-state index in [9.17, 15) is 10.1 Å². The Kier molecular flexibility index (Phi) is 4.24. The number of hydrogen-bond acceptors (Lipinski definition) is 4. The normalized spacial score (nSPS) is 16.1. The quantitative estimate of drug-likeness (QED) is 0.668. The minimum absolute atomic E-state index is 0.143. The van der Waals surface area contributed by atoms with E-state index in [1.165, 1.54) is 32.1 Å². The molecule has 5 heteroatoms. The molecule has 1 aromatic carbocycles. The predicted molar refractivity (Wildman–Crippen MR) is 77.9 cm³/mol. The SMILES string of the molecule is CNc1cc(N(C)C2CCCCC2)cc([N+](=O)[O-])c1. The van der Waals surface area contributed by atoms with Crippen molar-refractivity contribution in [2.45, 2.75) is 38.1 Å². The van der Waals surface area contributed by atoms with Crippen molar-refractivity contribution in [1.29, 1.82) is 0 Å². The van der Waals surface area contributed by atoms with E-state index in [1.54, 1.807) is 19.2 Å². The fourth-order valence-corrected chi connectivity index (χ4v) is 2.73. The number of nitro groups is 1. The minimum atomic E-state index is -0.334. The zero-order valence-electron chi connectivity index (χ0n) is 11.6. The number of nitro benzene ring substituents is 1. The maximum atomic E-state index is 11.0. The predicted octanol–water partition coefficient (Wildman–Crippen LogP) is 3.41. The minimum Gasteiger partial charge on any atom is -0.388 e. The molecule has 19 heavy (non-hydrogen) atoms. The summed E-state index contributed by atoms with van der Waals surface area (Å²) in [5, 5.41) is 14.0. The highest BCUT2D eigenvalue weighted by molar-refractivity contribution is 5.64. The molecule has 0 aliphatic heterocycles. The lowest BCUT2D eigenvalue weighted by Crippen LogP contribution is -2.33. The highest BCUT2D eigenvalue weighted by Crippen LogP contribution is 2.31. The Morgan fingerprint density at radius 1 is 1.26 bits per heavy atom. The first-order valence-electron chi connectivity index (χ1n) is 6.82. The van der Waals surface area contributed by atoms with Crippen molar-refractivity contribution in [3.8, 4) is 0 Å². The van der Waals surface area contributed by atoms with Crippen molar-refractivity contribution in [3.05, 3.63) is 28.3 Å². The summed E-state index contributed by atoms with van der Waals surface area (Å²) in [5.41, 5.74) is 1.85. The Hall–Kier alpha value is -1.78. The van der Waals surface area contributed by atoms with Gasteiger partial charge in [0, 0.05) is 43.6 Å². The fraction of sp³-hybridized carbons (Fsp3) is 0.571. The second kappa shape index (κ2) is 5.91. The number of nitrogens with zero attached hydrogens (tertiary/aromatic N) is 2. The molecule has 5 nitrogen and oxygen atoms in total. The van der Waals surface area contributed by atoms with E-state index < -0.39 is 0 Å². The molecule has 0 unspecified atom stereocenters. The fourth-order valence-electron chi connectivity index (χ4n) is 2.73. The first-order valence-corrected chi connectivity index (χ1v) is 6.82. The molecule has 0 aromatic heterocycles. The molecule has 0 atom stereocenters. The molecule has 1 saturated carbocycles. The lowest BCUT2D eigenvalue weighted by Gasteiger charge is -2.33. The average Bonchev–Trinajstić information content (AvgIpc) is 2.46. The molecule has 2 rings (SSSR count). The molecule has 1 aliphatic carbocycles. The van der Waals surface area contributed by atoms with Gasteiger partial charge in [-0.05, 0) is 18.9 Å². The van der Waals surface area contributed by atoms with Crippen molar-refractivity contribution < 1.29 is 4.92 Å². The maximum absolute atomic E-state index is 11.0. The van der Waals surface area contributed by atoms with Crippen molar-refractivity contribution in [2.24, 2.45) is 0 Å². The molecular weight excluding hydrogens is 242 g/mol. The van der Waals surface area contributed by atoms with Crippen molar-refractivity contribution in [1.82, 2.24) is 0 Å². The molecule has 1 fully saturated rings. The van der Waals surface area contributed by atoms with Gasteiger partial charge in [0.1, 0.15) is 0 Å². The largest absolute Gasteiger partial charge is 0.388 e. The van der Waals surface area contributed by atoms with E-state index in [2.05, 4.69) is 10.2 Å². The van der Waals surface area contributed by atoms with E-state index in [0.717, 1.165) is 11.4 Å². The van der Waals surface area contributed by atoms with Crippen LogP contribution in [0.5, 0.6) is 0 Å². The van der Waals surface area contributed by atoms with Crippen LogP contribution in [0, 0.1) is 10.1 Å². The lowest BCUT2D eigenvalue weighted by atomic mass is 9.94. The van der Waals surface area contributed by atoms with Gasteiger partial charge in [0.25, 0.3) is 5.69 Å². The Labute approximate surface area is 113 Å². The summed E-state index contributed by atoms with van der Waals surface area (Å²) in [5.74, 6) is 0. The molecule has 0 saturated heterocycles.